The summed E-state index contributed by atoms with van der Waals surface area (Å²) < 4.78 is 20.4. The van der Waals surface area contributed by atoms with Crippen LogP contribution in [0.1, 0.15) is 38.5 Å². The summed E-state index contributed by atoms with van der Waals surface area (Å²) in [5.41, 5.74) is 0.318. The Labute approximate surface area is 183 Å². The molecule has 0 spiro atoms. The molecule has 0 radical (unpaired) electrons. The first-order valence-corrected chi connectivity index (χ1v) is 16.5. The molecule has 2 saturated heterocycles. The van der Waals surface area contributed by atoms with Crippen molar-refractivity contribution in [1.82, 2.24) is 0 Å². The van der Waals surface area contributed by atoms with Gasteiger partial charge >= 0.3 is 0 Å². The zero-order valence-corrected chi connectivity index (χ0v) is 20.7. The third-order valence-electron chi connectivity index (χ3n) is 7.53. The molecule has 0 aliphatic carbocycles. The summed E-state index contributed by atoms with van der Waals surface area (Å²) >= 11 is 0. The minimum absolute atomic E-state index is 0.266. The van der Waals surface area contributed by atoms with Crippen LogP contribution in [0.3, 0.4) is 0 Å². The van der Waals surface area contributed by atoms with Gasteiger partial charge in [0.2, 0.25) is 0 Å². The molecule has 2 heterocycles. The van der Waals surface area contributed by atoms with Gasteiger partial charge in [0.15, 0.2) is 0 Å². The second kappa shape index (κ2) is 9.09. The predicted molar refractivity (Wildman–Crippen MR) is 129 cm³/mol. The van der Waals surface area contributed by atoms with Crippen LogP contribution in [0, 0.1) is 0 Å². The molecule has 0 bridgehead atoms. The van der Waals surface area contributed by atoms with Crippen molar-refractivity contribution in [3.05, 3.63) is 60.7 Å². The van der Waals surface area contributed by atoms with E-state index < -0.39 is 16.4 Å². The first-order chi connectivity index (χ1) is 14.6. The molecule has 30 heavy (non-hydrogen) atoms. The van der Waals surface area contributed by atoms with Gasteiger partial charge in [-0.15, -0.1) is 0 Å². The highest BCUT2D eigenvalue weighted by atomic mass is 28.4. The van der Waals surface area contributed by atoms with Crippen LogP contribution in [-0.4, -0.2) is 47.3 Å². The molecular weight excluding hydrogens is 404 g/mol. The molecule has 0 saturated carbocycles. The van der Waals surface area contributed by atoms with Gasteiger partial charge in [-0.05, 0) is 48.9 Å². The van der Waals surface area contributed by atoms with E-state index in [-0.39, 0.29) is 4.85 Å². The molecule has 2 aromatic carbocycles. The minimum Gasteiger partial charge on any atom is -0.409 e. The van der Waals surface area contributed by atoms with Crippen LogP contribution in [0.4, 0.5) is 0 Å². The molecule has 4 rings (SSSR count). The van der Waals surface area contributed by atoms with E-state index >= 15 is 0 Å². The summed E-state index contributed by atoms with van der Waals surface area (Å²) in [7, 11) is -2.88. The normalized spacial score (nSPS) is 25.8. The van der Waals surface area contributed by atoms with Crippen LogP contribution >= 0.6 is 0 Å². The third kappa shape index (κ3) is 3.45. The van der Waals surface area contributed by atoms with Crippen LogP contribution in [0.15, 0.2) is 60.7 Å². The summed E-state index contributed by atoms with van der Waals surface area (Å²) in [6.07, 6.45) is 6.99. The Balaban J connectivity index is 1.97. The smallest absolute Gasteiger partial charge is 0.284 e. The van der Waals surface area contributed by atoms with Gasteiger partial charge in [0.25, 0.3) is 8.32 Å². The van der Waals surface area contributed by atoms with Crippen molar-refractivity contribution >= 4 is 26.8 Å². The fraction of sp³-hybridized carbons (Fsp3) is 0.520. The van der Waals surface area contributed by atoms with Crippen molar-refractivity contribution in [1.29, 1.82) is 0 Å². The number of rotatable bonds is 6. The van der Waals surface area contributed by atoms with Gasteiger partial charge in [-0.2, -0.15) is 0 Å². The number of ether oxygens (including phenoxy) is 2. The van der Waals surface area contributed by atoms with Crippen LogP contribution in [0.5, 0.6) is 0 Å². The Kier molecular flexibility index (Phi) is 6.65. The number of hydrogen-bond donors (Lipinski definition) is 0. The van der Waals surface area contributed by atoms with E-state index in [0.717, 1.165) is 32.5 Å². The molecule has 0 aromatic heterocycles. The van der Waals surface area contributed by atoms with E-state index in [9.17, 15) is 0 Å². The van der Waals surface area contributed by atoms with Gasteiger partial charge in [-0.3, -0.25) is 0 Å². The predicted octanol–water partition coefficient (Wildman–Crippen LogP) is 4.23. The van der Waals surface area contributed by atoms with Crippen molar-refractivity contribution in [3.63, 3.8) is 0 Å². The molecular formula is C25H36O3Si2. The largest absolute Gasteiger partial charge is 0.409 e. The fourth-order valence-corrected chi connectivity index (χ4v) is 18.8. The Hall–Kier alpha value is -1.25. The standard InChI is InChI=1S/C25H36O3Si2/c1-26-30(22-14-6-4-7-15-22,23-16-8-5-9-17-23)25(19-11-13-21-28-25)29(2,3)24-18-10-12-20-27-24/h4-9,14-17,24H,10-13,18-21H2,1-3H3. The van der Waals surface area contributed by atoms with Crippen molar-refractivity contribution in [3.8, 4) is 0 Å². The average Bonchev–Trinajstić information content (AvgIpc) is 2.82. The van der Waals surface area contributed by atoms with Crippen LogP contribution in [0.2, 0.25) is 13.1 Å². The number of benzene rings is 2. The zero-order valence-electron chi connectivity index (χ0n) is 18.7. The average molecular weight is 441 g/mol. The molecule has 162 valence electrons. The van der Waals surface area contributed by atoms with Gasteiger partial charge in [0, 0.05) is 20.3 Å². The lowest BCUT2D eigenvalue weighted by atomic mass is 10.2. The fourth-order valence-electron chi connectivity index (χ4n) is 5.98. The lowest BCUT2D eigenvalue weighted by molar-refractivity contribution is -0.00358. The molecule has 0 N–H and O–H groups in total. The molecule has 2 aromatic rings. The monoisotopic (exact) mass is 440 g/mol. The maximum atomic E-state index is 7.07. The molecule has 2 aliphatic heterocycles. The molecule has 5 heteroatoms. The second-order valence-electron chi connectivity index (χ2n) is 9.33. The molecule has 2 fully saturated rings. The van der Waals surface area contributed by atoms with Crippen molar-refractivity contribution in [2.24, 2.45) is 0 Å². The van der Waals surface area contributed by atoms with Gasteiger partial charge < -0.3 is 13.9 Å². The van der Waals surface area contributed by atoms with Crippen LogP contribution in [0.25, 0.3) is 0 Å². The summed E-state index contributed by atoms with van der Waals surface area (Å²) in [4.78, 5) is -0.266. The summed E-state index contributed by atoms with van der Waals surface area (Å²) in [5, 5.41) is 2.63. The minimum atomic E-state index is -2.73. The molecule has 2 unspecified atom stereocenters. The van der Waals surface area contributed by atoms with Crippen LogP contribution in [-0.2, 0) is 13.9 Å². The first kappa shape index (κ1) is 22.0. The third-order valence-corrected chi connectivity index (χ3v) is 19.5. The van der Waals surface area contributed by atoms with Gasteiger partial charge in [-0.1, -0.05) is 73.8 Å². The van der Waals surface area contributed by atoms with Crippen molar-refractivity contribution in [2.45, 2.75) is 62.2 Å². The van der Waals surface area contributed by atoms with Crippen molar-refractivity contribution in [2.75, 3.05) is 20.3 Å². The van der Waals surface area contributed by atoms with Crippen molar-refractivity contribution < 1.29 is 13.9 Å². The maximum Gasteiger partial charge on any atom is 0.284 e. The van der Waals surface area contributed by atoms with E-state index in [1.807, 2.05) is 7.11 Å². The molecule has 3 nitrogen and oxygen atoms in total. The highest BCUT2D eigenvalue weighted by molar-refractivity contribution is 7.10. The van der Waals surface area contributed by atoms with Gasteiger partial charge in [-0.25, -0.2) is 0 Å². The highest BCUT2D eigenvalue weighted by Gasteiger charge is 2.68. The first-order valence-electron chi connectivity index (χ1n) is 11.5. The summed E-state index contributed by atoms with van der Waals surface area (Å²) in [5.74, 6) is 0. The van der Waals surface area contributed by atoms with E-state index in [4.69, 9.17) is 13.9 Å². The lowest BCUT2D eigenvalue weighted by Gasteiger charge is -2.58. The second-order valence-corrected chi connectivity index (χ2v) is 18.5. The highest BCUT2D eigenvalue weighted by Crippen LogP contribution is 2.45. The Morgan fingerprint density at radius 2 is 1.43 bits per heavy atom. The quantitative estimate of drug-likeness (QED) is 0.629. The van der Waals surface area contributed by atoms with Gasteiger partial charge in [0.1, 0.15) is 8.07 Å². The molecule has 2 atom stereocenters. The SMILES string of the molecule is CO[Si](c1ccccc1)(c1ccccc1)C1([Si](C)(C)C2CCCCO2)CCCCO1. The Bertz CT molecular complexity index is 758. The van der Waals surface area contributed by atoms with E-state index in [1.54, 1.807) is 0 Å². The van der Waals surface area contributed by atoms with E-state index in [1.165, 1.54) is 29.6 Å². The molecule has 2 aliphatic rings. The Morgan fingerprint density at radius 1 is 0.833 bits per heavy atom. The summed E-state index contributed by atoms with van der Waals surface area (Å²) in [6.45, 7) is 6.73. The molecule has 0 amide bonds. The van der Waals surface area contributed by atoms with E-state index in [0.29, 0.717) is 5.73 Å². The number of hydrogen-bond acceptors (Lipinski definition) is 3. The van der Waals surface area contributed by atoms with Crippen LogP contribution < -0.4 is 10.4 Å². The summed E-state index contributed by atoms with van der Waals surface area (Å²) in [6, 6.07) is 21.9. The van der Waals surface area contributed by atoms with E-state index in [2.05, 4.69) is 73.8 Å². The maximum absolute atomic E-state index is 7.07. The topological polar surface area (TPSA) is 27.7 Å². The van der Waals surface area contributed by atoms with Gasteiger partial charge in [0.05, 0.1) is 10.6 Å². The lowest BCUT2D eigenvalue weighted by Crippen LogP contribution is -2.85. The Morgan fingerprint density at radius 3 is 1.90 bits per heavy atom. The zero-order chi connectivity index (χ0) is 21.1.